The second kappa shape index (κ2) is 9.91. The predicted molar refractivity (Wildman–Crippen MR) is 98.1 cm³/mol. The van der Waals surface area contributed by atoms with Gasteiger partial charge in [0.2, 0.25) is 5.91 Å². The van der Waals surface area contributed by atoms with E-state index in [9.17, 15) is 14.4 Å². The maximum Gasteiger partial charge on any atom is 0.326 e. The molecule has 0 radical (unpaired) electrons. The van der Waals surface area contributed by atoms with Crippen molar-refractivity contribution < 1.29 is 24.2 Å². The molecule has 0 fully saturated rings. The smallest absolute Gasteiger partial charge is 0.326 e. The number of esters is 1. The van der Waals surface area contributed by atoms with Crippen molar-refractivity contribution in [2.45, 2.75) is 58.4 Å². The van der Waals surface area contributed by atoms with Gasteiger partial charge in [0.25, 0.3) is 0 Å². The van der Waals surface area contributed by atoms with Crippen molar-refractivity contribution in [3.63, 3.8) is 0 Å². The van der Waals surface area contributed by atoms with Crippen molar-refractivity contribution in [3.05, 3.63) is 29.3 Å². The van der Waals surface area contributed by atoms with E-state index < -0.39 is 23.9 Å². The molecule has 0 saturated heterocycles. The van der Waals surface area contributed by atoms with Gasteiger partial charge >= 0.3 is 11.9 Å². The van der Waals surface area contributed by atoms with Crippen LogP contribution in [0, 0.1) is 0 Å². The number of nitrogens with one attached hydrogen (secondary N) is 1. The standard InChI is InChI=1S/C19H28N2O5/c1-11(2)13-6-5-7-14(12(3)4)18(13)26-17(23)9-8-15(19(24)25)21-16(22)10-20/h5-7,11-12,15H,8-10,20H2,1-4H3,(H,21,22)(H,24,25). The maximum absolute atomic E-state index is 12.3. The van der Waals surface area contributed by atoms with Gasteiger partial charge in [-0.2, -0.15) is 0 Å². The number of hydrogen-bond donors (Lipinski definition) is 3. The summed E-state index contributed by atoms with van der Waals surface area (Å²) in [4.78, 5) is 34.8. The monoisotopic (exact) mass is 364 g/mol. The third-order valence-electron chi connectivity index (χ3n) is 3.99. The molecule has 1 aromatic carbocycles. The molecular weight excluding hydrogens is 336 g/mol. The van der Waals surface area contributed by atoms with Crippen molar-refractivity contribution in [1.82, 2.24) is 5.32 Å². The van der Waals surface area contributed by atoms with E-state index in [2.05, 4.69) is 5.32 Å². The molecule has 0 aromatic heterocycles. The van der Waals surface area contributed by atoms with Gasteiger partial charge in [-0.3, -0.25) is 9.59 Å². The first kappa shape index (κ1) is 21.6. The van der Waals surface area contributed by atoms with E-state index >= 15 is 0 Å². The zero-order chi connectivity index (χ0) is 19.9. The summed E-state index contributed by atoms with van der Waals surface area (Å²) in [5.74, 6) is -1.45. The highest BCUT2D eigenvalue weighted by atomic mass is 16.5. The van der Waals surface area contributed by atoms with Crippen LogP contribution in [0.5, 0.6) is 5.75 Å². The molecule has 144 valence electrons. The molecule has 0 aliphatic carbocycles. The number of carbonyl (C=O) groups excluding carboxylic acids is 2. The summed E-state index contributed by atoms with van der Waals surface area (Å²) in [7, 11) is 0. The Balaban J connectivity index is 2.87. The number of carboxylic acid groups (broad SMARTS) is 1. The Hall–Kier alpha value is -2.41. The molecule has 1 amide bonds. The van der Waals surface area contributed by atoms with Gasteiger partial charge in [0.05, 0.1) is 6.54 Å². The van der Waals surface area contributed by atoms with Gasteiger partial charge in [0.1, 0.15) is 11.8 Å². The molecule has 0 heterocycles. The van der Waals surface area contributed by atoms with E-state index in [1.54, 1.807) is 0 Å². The van der Waals surface area contributed by atoms with Crippen LogP contribution in [-0.2, 0) is 14.4 Å². The van der Waals surface area contributed by atoms with Gasteiger partial charge in [0, 0.05) is 6.42 Å². The number of hydrogen-bond acceptors (Lipinski definition) is 5. The number of para-hydroxylation sites is 1. The summed E-state index contributed by atoms with van der Waals surface area (Å²) >= 11 is 0. The number of carboxylic acids is 1. The lowest BCUT2D eigenvalue weighted by atomic mass is 9.94. The number of amides is 1. The number of carbonyl (C=O) groups is 3. The first-order chi connectivity index (χ1) is 12.2. The van der Waals surface area contributed by atoms with Crippen LogP contribution in [0.3, 0.4) is 0 Å². The molecule has 1 aromatic rings. The Kier molecular flexibility index (Phi) is 8.25. The number of aliphatic carboxylic acids is 1. The Morgan fingerprint density at radius 3 is 2.08 bits per heavy atom. The second-order valence-electron chi connectivity index (χ2n) is 6.75. The Morgan fingerprint density at radius 1 is 1.12 bits per heavy atom. The molecular formula is C19H28N2O5. The fourth-order valence-electron chi connectivity index (χ4n) is 2.54. The fourth-order valence-corrected chi connectivity index (χ4v) is 2.54. The van der Waals surface area contributed by atoms with Crippen molar-refractivity contribution in [2.24, 2.45) is 5.73 Å². The minimum Gasteiger partial charge on any atom is -0.480 e. The van der Waals surface area contributed by atoms with E-state index in [0.717, 1.165) is 11.1 Å². The molecule has 4 N–H and O–H groups in total. The maximum atomic E-state index is 12.3. The van der Waals surface area contributed by atoms with Crippen LogP contribution in [0.1, 0.15) is 63.5 Å². The predicted octanol–water partition coefficient (Wildman–Crippen LogP) is 2.15. The lowest BCUT2D eigenvalue weighted by Crippen LogP contribution is -2.43. The molecule has 1 atom stereocenters. The minimum atomic E-state index is -1.22. The number of benzene rings is 1. The van der Waals surface area contributed by atoms with Crippen LogP contribution in [0.4, 0.5) is 0 Å². The van der Waals surface area contributed by atoms with E-state index in [1.807, 2.05) is 45.9 Å². The van der Waals surface area contributed by atoms with Gasteiger partial charge in [-0.15, -0.1) is 0 Å². The van der Waals surface area contributed by atoms with Gasteiger partial charge in [-0.1, -0.05) is 45.9 Å². The van der Waals surface area contributed by atoms with Gasteiger partial charge < -0.3 is 20.9 Å². The molecule has 1 unspecified atom stereocenters. The first-order valence-electron chi connectivity index (χ1n) is 8.73. The third kappa shape index (κ3) is 6.15. The van der Waals surface area contributed by atoms with Gasteiger partial charge in [0.15, 0.2) is 0 Å². The molecule has 0 saturated carbocycles. The Labute approximate surface area is 153 Å². The van der Waals surface area contributed by atoms with Crippen LogP contribution in [0.2, 0.25) is 0 Å². The highest BCUT2D eigenvalue weighted by molar-refractivity contribution is 5.85. The van der Waals surface area contributed by atoms with Crippen LogP contribution < -0.4 is 15.8 Å². The third-order valence-corrected chi connectivity index (χ3v) is 3.99. The molecule has 26 heavy (non-hydrogen) atoms. The Bertz CT molecular complexity index is 629. The Morgan fingerprint density at radius 2 is 1.65 bits per heavy atom. The quantitative estimate of drug-likeness (QED) is 0.456. The molecule has 0 aliphatic rings. The number of nitrogens with two attached hydrogens (primary N) is 1. The highest BCUT2D eigenvalue weighted by Crippen LogP contribution is 2.34. The lowest BCUT2D eigenvalue weighted by Gasteiger charge is -2.19. The molecule has 7 heteroatoms. The van der Waals surface area contributed by atoms with Gasteiger partial charge in [-0.05, 0) is 29.4 Å². The largest absolute Gasteiger partial charge is 0.480 e. The molecule has 0 aliphatic heterocycles. The van der Waals surface area contributed by atoms with Crippen LogP contribution in [-0.4, -0.2) is 35.5 Å². The summed E-state index contributed by atoms with van der Waals surface area (Å²) in [6.07, 6.45) is -0.202. The number of ether oxygens (including phenoxy) is 1. The zero-order valence-electron chi connectivity index (χ0n) is 15.7. The van der Waals surface area contributed by atoms with Crippen molar-refractivity contribution in [2.75, 3.05) is 6.54 Å². The SMILES string of the molecule is CC(C)c1cccc(C(C)C)c1OC(=O)CCC(NC(=O)CN)C(=O)O. The van der Waals surface area contributed by atoms with E-state index in [4.69, 9.17) is 15.6 Å². The summed E-state index contributed by atoms with van der Waals surface area (Å²) in [5.41, 5.74) is 7.03. The van der Waals surface area contributed by atoms with Crippen LogP contribution in [0.15, 0.2) is 18.2 Å². The topological polar surface area (TPSA) is 119 Å². The average molecular weight is 364 g/mol. The van der Waals surface area contributed by atoms with Crippen LogP contribution in [0.25, 0.3) is 0 Å². The first-order valence-corrected chi connectivity index (χ1v) is 8.73. The zero-order valence-corrected chi connectivity index (χ0v) is 15.7. The lowest BCUT2D eigenvalue weighted by molar-refractivity contribution is -0.142. The molecule has 7 nitrogen and oxygen atoms in total. The van der Waals surface area contributed by atoms with Crippen molar-refractivity contribution in [3.8, 4) is 5.75 Å². The van der Waals surface area contributed by atoms with Gasteiger partial charge in [-0.25, -0.2) is 4.79 Å². The highest BCUT2D eigenvalue weighted by Gasteiger charge is 2.23. The van der Waals surface area contributed by atoms with E-state index in [0.29, 0.717) is 5.75 Å². The fraction of sp³-hybridized carbons (Fsp3) is 0.526. The molecule has 0 spiro atoms. The second-order valence-corrected chi connectivity index (χ2v) is 6.75. The molecule has 1 rings (SSSR count). The normalized spacial score (nSPS) is 12.1. The average Bonchev–Trinajstić information content (AvgIpc) is 2.57. The summed E-state index contributed by atoms with van der Waals surface area (Å²) < 4.78 is 5.59. The van der Waals surface area contributed by atoms with Crippen LogP contribution >= 0.6 is 0 Å². The molecule has 0 bridgehead atoms. The number of rotatable bonds is 9. The van der Waals surface area contributed by atoms with Crippen molar-refractivity contribution in [1.29, 1.82) is 0 Å². The summed E-state index contributed by atoms with van der Waals surface area (Å²) in [6.45, 7) is 7.74. The van der Waals surface area contributed by atoms with E-state index in [-0.39, 0.29) is 31.2 Å². The summed E-state index contributed by atoms with van der Waals surface area (Å²) in [6, 6.07) is 4.59. The minimum absolute atomic E-state index is 0.0687. The van der Waals surface area contributed by atoms with Crippen molar-refractivity contribution >= 4 is 17.8 Å². The van der Waals surface area contributed by atoms with E-state index in [1.165, 1.54) is 0 Å². The summed E-state index contributed by atoms with van der Waals surface area (Å²) in [5, 5.41) is 11.4.